The zero-order valence-electron chi connectivity index (χ0n) is 13.1. The van der Waals surface area contributed by atoms with Crippen LogP contribution in [0.5, 0.6) is 5.75 Å². The highest BCUT2D eigenvalue weighted by Crippen LogP contribution is 2.22. The molecule has 1 unspecified atom stereocenters. The summed E-state index contributed by atoms with van der Waals surface area (Å²) in [4.78, 5) is 15.4. The maximum Gasteiger partial charge on any atom is 0.314 e. The SMILES string of the molecule is C1=NO1.Cc1ccc(C)c(OCC(C(=O)O)c2ccccc2)c1. The third kappa shape index (κ3) is 5.47. The number of hydrogen-bond donors (Lipinski definition) is 1. The summed E-state index contributed by atoms with van der Waals surface area (Å²) in [6, 6.07) is 15.1. The molecule has 5 nitrogen and oxygen atoms in total. The molecule has 5 heteroatoms. The summed E-state index contributed by atoms with van der Waals surface area (Å²) in [5.74, 6) is -0.787. The largest absolute Gasteiger partial charge is 0.492 e. The number of rotatable bonds is 5. The average molecular weight is 313 g/mol. The van der Waals surface area contributed by atoms with Crippen LogP contribution in [-0.2, 0) is 9.63 Å². The quantitative estimate of drug-likeness (QED) is 0.917. The van der Waals surface area contributed by atoms with E-state index in [0.717, 1.165) is 22.4 Å². The van der Waals surface area contributed by atoms with Gasteiger partial charge in [-0.15, -0.1) is 0 Å². The van der Waals surface area contributed by atoms with Crippen molar-refractivity contribution in [2.75, 3.05) is 6.61 Å². The van der Waals surface area contributed by atoms with Crippen molar-refractivity contribution in [2.45, 2.75) is 19.8 Å². The van der Waals surface area contributed by atoms with Gasteiger partial charge in [-0.25, -0.2) is 0 Å². The molecule has 1 N–H and O–H groups in total. The van der Waals surface area contributed by atoms with Crippen LogP contribution in [0.2, 0.25) is 0 Å². The summed E-state index contributed by atoms with van der Waals surface area (Å²) < 4.78 is 5.71. The second kappa shape index (κ2) is 7.98. The van der Waals surface area contributed by atoms with Crippen LogP contribution in [0.4, 0.5) is 0 Å². The van der Waals surface area contributed by atoms with Crippen LogP contribution in [0.15, 0.2) is 53.7 Å². The fourth-order valence-electron chi connectivity index (χ4n) is 2.03. The predicted molar refractivity (Wildman–Crippen MR) is 87.8 cm³/mol. The normalized spacial score (nSPS) is 12.4. The van der Waals surface area contributed by atoms with Crippen molar-refractivity contribution in [2.24, 2.45) is 5.16 Å². The van der Waals surface area contributed by atoms with E-state index in [0.29, 0.717) is 0 Å². The van der Waals surface area contributed by atoms with Crippen molar-refractivity contribution in [3.8, 4) is 5.75 Å². The lowest BCUT2D eigenvalue weighted by atomic mass is 10.0. The number of oxime groups is 1. The molecule has 0 aromatic heterocycles. The zero-order valence-corrected chi connectivity index (χ0v) is 13.1. The predicted octanol–water partition coefficient (Wildman–Crippen LogP) is 3.51. The first-order chi connectivity index (χ1) is 11.1. The van der Waals surface area contributed by atoms with Gasteiger partial charge >= 0.3 is 5.97 Å². The van der Waals surface area contributed by atoms with E-state index in [1.165, 1.54) is 6.40 Å². The van der Waals surface area contributed by atoms with E-state index in [9.17, 15) is 9.90 Å². The molecular weight excluding hydrogens is 294 g/mol. The van der Waals surface area contributed by atoms with Crippen LogP contribution < -0.4 is 4.74 Å². The first-order valence-electron chi connectivity index (χ1n) is 7.23. The van der Waals surface area contributed by atoms with E-state index < -0.39 is 11.9 Å². The molecule has 1 atom stereocenters. The van der Waals surface area contributed by atoms with Crippen molar-refractivity contribution in [1.82, 2.24) is 0 Å². The summed E-state index contributed by atoms with van der Waals surface area (Å²) in [5, 5.41) is 12.5. The second-order valence-corrected chi connectivity index (χ2v) is 5.20. The molecule has 0 radical (unpaired) electrons. The third-order valence-corrected chi connectivity index (χ3v) is 3.35. The molecule has 1 aliphatic heterocycles. The van der Waals surface area contributed by atoms with E-state index in [1.807, 2.05) is 62.4 Å². The Morgan fingerprint density at radius 3 is 2.43 bits per heavy atom. The Hall–Kier alpha value is -2.82. The minimum atomic E-state index is -0.874. The van der Waals surface area contributed by atoms with Gasteiger partial charge in [0.2, 0.25) is 6.40 Å². The van der Waals surface area contributed by atoms with Crippen molar-refractivity contribution in [1.29, 1.82) is 0 Å². The van der Waals surface area contributed by atoms with Crippen molar-refractivity contribution >= 4 is 12.4 Å². The molecule has 1 aliphatic rings. The number of hydrogen-bond acceptors (Lipinski definition) is 4. The van der Waals surface area contributed by atoms with Gasteiger partial charge < -0.3 is 14.7 Å². The van der Waals surface area contributed by atoms with Gasteiger partial charge in [-0.2, -0.15) is 0 Å². The topological polar surface area (TPSA) is 71.4 Å². The fraction of sp³-hybridized carbons (Fsp3) is 0.222. The van der Waals surface area contributed by atoms with Gasteiger partial charge in [0.1, 0.15) is 18.3 Å². The smallest absolute Gasteiger partial charge is 0.314 e. The third-order valence-electron chi connectivity index (χ3n) is 3.35. The molecule has 0 amide bonds. The number of carboxylic acids is 1. The second-order valence-electron chi connectivity index (χ2n) is 5.20. The summed E-state index contributed by atoms with van der Waals surface area (Å²) >= 11 is 0. The Kier molecular flexibility index (Phi) is 5.74. The monoisotopic (exact) mass is 313 g/mol. The summed E-state index contributed by atoms with van der Waals surface area (Å²) in [7, 11) is 0. The molecule has 1 heterocycles. The molecule has 0 saturated heterocycles. The van der Waals surface area contributed by atoms with Gasteiger partial charge in [0, 0.05) is 0 Å². The van der Waals surface area contributed by atoms with Crippen molar-refractivity contribution in [3.05, 3.63) is 65.2 Å². The molecule has 0 bridgehead atoms. The Morgan fingerprint density at radius 2 is 1.87 bits per heavy atom. The van der Waals surface area contributed by atoms with Gasteiger partial charge in [-0.1, -0.05) is 42.5 Å². The minimum Gasteiger partial charge on any atom is -0.492 e. The molecule has 0 aliphatic carbocycles. The van der Waals surface area contributed by atoms with E-state index in [2.05, 4.69) is 9.99 Å². The summed E-state index contributed by atoms with van der Waals surface area (Å²) in [5.41, 5.74) is 2.86. The van der Waals surface area contributed by atoms with Crippen LogP contribution in [0.1, 0.15) is 22.6 Å². The molecule has 2 aromatic rings. The van der Waals surface area contributed by atoms with Crippen LogP contribution in [0.25, 0.3) is 0 Å². The number of nitrogens with zero attached hydrogens (tertiary/aromatic N) is 1. The van der Waals surface area contributed by atoms with Gasteiger partial charge in [0.15, 0.2) is 0 Å². The highest BCUT2D eigenvalue weighted by molar-refractivity contribution is 5.76. The van der Waals surface area contributed by atoms with E-state index in [4.69, 9.17) is 4.74 Å². The molecule has 2 aromatic carbocycles. The maximum absolute atomic E-state index is 11.4. The van der Waals surface area contributed by atoms with E-state index >= 15 is 0 Å². The molecule has 0 fully saturated rings. The lowest BCUT2D eigenvalue weighted by Gasteiger charge is -2.15. The minimum absolute atomic E-state index is 0.129. The highest BCUT2D eigenvalue weighted by atomic mass is 16.7. The lowest BCUT2D eigenvalue weighted by Crippen LogP contribution is -2.19. The Labute approximate surface area is 135 Å². The van der Waals surface area contributed by atoms with Crippen LogP contribution in [-0.4, -0.2) is 24.1 Å². The van der Waals surface area contributed by atoms with Crippen LogP contribution in [0.3, 0.4) is 0 Å². The summed E-state index contributed by atoms with van der Waals surface area (Å²) in [6.07, 6.45) is 1.38. The molecule has 0 saturated carbocycles. The van der Waals surface area contributed by atoms with E-state index in [1.54, 1.807) is 0 Å². The average Bonchev–Trinajstić information content (AvgIpc) is 3.40. The van der Waals surface area contributed by atoms with Crippen LogP contribution >= 0.6 is 0 Å². The first kappa shape index (κ1) is 16.5. The molecule has 120 valence electrons. The number of aryl methyl sites for hydroxylation is 2. The van der Waals surface area contributed by atoms with Crippen molar-refractivity contribution < 1.29 is 19.5 Å². The summed E-state index contributed by atoms with van der Waals surface area (Å²) in [6.45, 7) is 4.06. The number of ether oxygens (including phenoxy) is 1. The first-order valence-corrected chi connectivity index (χ1v) is 7.23. The van der Waals surface area contributed by atoms with E-state index in [-0.39, 0.29) is 6.61 Å². The maximum atomic E-state index is 11.4. The standard InChI is InChI=1S/C17H18O3.CHNO/c1-12-8-9-13(2)16(10-12)20-11-15(17(18)19)14-6-4-3-5-7-14;1-2-3-1/h3-10,15H,11H2,1-2H3,(H,18,19);1H. The Morgan fingerprint density at radius 1 is 1.22 bits per heavy atom. The van der Waals surface area contributed by atoms with Crippen molar-refractivity contribution in [3.63, 3.8) is 0 Å². The number of carboxylic acid groups (broad SMARTS) is 1. The number of benzene rings is 2. The zero-order chi connectivity index (χ0) is 16.7. The van der Waals surface area contributed by atoms with Crippen LogP contribution in [0, 0.1) is 13.8 Å². The molecule has 0 spiro atoms. The highest BCUT2D eigenvalue weighted by Gasteiger charge is 2.20. The number of aliphatic carboxylic acids is 1. The lowest BCUT2D eigenvalue weighted by molar-refractivity contribution is -0.139. The molecule has 3 rings (SSSR count). The van der Waals surface area contributed by atoms with Gasteiger partial charge in [0.05, 0.1) is 0 Å². The molecular formula is C18H19NO4. The Bertz CT molecular complexity index is 679. The number of carbonyl (C=O) groups is 1. The van der Waals surface area contributed by atoms with Gasteiger partial charge in [-0.05, 0) is 41.8 Å². The molecule has 23 heavy (non-hydrogen) atoms. The van der Waals surface area contributed by atoms with Gasteiger partial charge in [0.25, 0.3) is 0 Å². The Balaban J connectivity index is 0.000000572. The van der Waals surface area contributed by atoms with Gasteiger partial charge in [-0.3, -0.25) is 4.79 Å². The fourth-order valence-corrected chi connectivity index (χ4v) is 2.03.